The molecule has 2 N–H and O–H groups in total. The van der Waals surface area contributed by atoms with Crippen molar-refractivity contribution < 1.29 is 0 Å². The minimum atomic E-state index is 0.295. The smallest absolute Gasteiger partial charge is 0.0230 e. The van der Waals surface area contributed by atoms with E-state index >= 15 is 0 Å². The van der Waals surface area contributed by atoms with E-state index in [1.165, 1.54) is 18.5 Å². The van der Waals surface area contributed by atoms with Gasteiger partial charge in [-0.3, -0.25) is 0 Å². The molecule has 0 spiro atoms. The fraction of sp³-hybridized carbons (Fsp3) is 0.684. The van der Waals surface area contributed by atoms with Gasteiger partial charge in [-0.2, -0.15) is 0 Å². The van der Waals surface area contributed by atoms with Gasteiger partial charge in [-0.1, -0.05) is 51.1 Å². The molecular formula is C19H33N3. The maximum atomic E-state index is 5.93. The summed E-state index contributed by atoms with van der Waals surface area (Å²) in [4.78, 5) is 5.04. The second-order valence-electron chi connectivity index (χ2n) is 8.30. The first-order valence-corrected chi connectivity index (χ1v) is 8.47. The summed E-state index contributed by atoms with van der Waals surface area (Å²) in [5.74, 6) is 0. The van der Waals surface area contributed by atoms with Gasteiger partial charge in [0.1, 0.15) is 0 Å². The molecule has 0 radical (unpaired) electrons. The monoisotopic (exact) mass is 303 g/mol. The molecule has 1 heterocycles. The minimum absolute atomic E-state index is 0.295. The third-order valence-corrected chi connectivity index (χ3v) is 4.77. The summed E-state index contributed by atoms with van der Waals surface area (Å²) in [7, 11) is 2.22. The van der Waals surface area contributed by atoms with Crippen molar-refractivity contribution in [2.75, 3.05) is 39.8 Å². The van der Waals surface area contributed by atoms with E-state index in [0.717, 1.165) is 32.7 Å². The molecule has 22 heavy (non-hydrogen) atoms. The van der Waals surface area contributed by atoms with E-state index in [1.807, 2.05) is 0 Å². The van der Waals surface area contributed by atoms with Crippen LogP contribution in [-0.2, 0) is 6.54 Å². The zero-order valence-electron chi connectivity index (χ0n) is 14.8. The Morgan fingerprint density at radius 1 is 1.27 bits per heavy atom. The number of nitrogens with zero attached hydrogens (tertiary/aromatic N) is 2. The summed E-state index contributed by atoms with van der Waals surface area (Å²) in [6.45, 7) is 13.5. The Morgan fingerprint density at radius 2 is 1.95 bits per heavy atom. The zero-order valence-corrected chi connectivity index (χ0v) is 14.8. The molecule has 1 fully saturated rings. The van der Waals surface area contributed by atoms with Gasteiger partial charge in [-0.25, -0.2) is 0 Å². The number of hydrogen-bond acceptors (Lipinski definition) is 3. The van der Waals surface area contributed by atoms with E-state index < -0.39 is 0 Å². The highest BCUT2D eigenvalue weighted by Gasteiger charge is 2.35. The molecule has 0 amide bonds. The second-order valence-corrected chi connectivity index (χ2v) is 8.30. The highest BCUT2D eigenvalue weighted by atomic mass is 15.2. The fourth-order valence-electron chi connectivity index (χ4n) is 3.76. The lowest BCUT2D eigenvalue weighted by atomic mass is 9.89. The first-order valence-electron chi connectivity index (χ1n) is 8.47. The van der Waals surface area contributed by atoms with Gasteiger partial charge in [0.2, 0.25) is 0 Å². The molecule has 1 aromatic rings. The maximum Gasteiger partial charge on any atom is 0.0230 e. The van der Waals surface area contributed by atoms with Crippen molar-refractivity contribution in [2.45, 2.75) is 33.7 Å². The van der Waals surface area contributed by atoms with E-state index in [-0.39, 0.29) is 0 Å². The van der Waals surface area contributed by atoms with Gasteiger partial charge < -0.3 is 15.5 Å². The van der Waals surface area contributed by atoms with E-state index in [4.69, 9.17) is 5.73 Å². The van der Waals surface area contributed by atoms with Crippen LogP contribution in [0.5, 0.6) is 0 Å². The number of nitrogens with two attached hydrogens (primary N) is 1. The second kappa shape index (κ2) is 7.12. The Hall–Kier alpha value is -0.900. The van der Waals surface area contributed by atoms with Gasteiger partial charge in [0.25, 0.3) is 0 Å². The van der Waals surface area contributed by atoms with Gasteiger partial charge in [0, 0.05) is 26.2 Å². The molecule has 1 aromatic carbocycles. The van der Waals surface area contributed by atoms with Gasteiger partial charge in [-0.05, 0) is 43.0 Å². The van der Waals surface area contributed by atoms with E-state index in [1.54, 1.807) is 0 Å². The SMILES string of the molecule is CN(Cc1ccccc1)CC(C)(C)CN1CCC(C)(CN)C1. The van der Waals surface area contributed by atoms with Crippen molar-refractivity contribution in [3.63, 3.8) is 0 Å². The number of rotatable bonds is 7. The molecule has 124 valence electrons. The number of hydrogen-bond donors (Lipinski definition) is 1. The van der Waals surface area contributed by atoms with Crippen LogP contribution >= 0.6 is 0 Å². The Kier molecular flexibility index (Phi) is 5.65. The molecule has 3 heteroatoms. The largest absolute Gasteiger partial charge is 0.330 e. The first-order chi connectivity index (χ1) is 10.3. The maximum absolute atomic E-state index is 5.93. The van der Waals surface area contributed by atoms with Crippen molar-refractivity contribution in [1.29, 1.82) is 0 Å². The lowest BCUT2D eigenvalue weighted by Crippen LogP contribution is -2.41. The average Bonchev–Trinajstić information content (AvgIpc) is 2.80. The predicted octanol–water partition coefficient (Wildman–Crippen LogP) is 2.82. The van der Waals surface area contributed by atoms with Crippen molar-refractivity contribution in [1.82, 2.24) is 9.80 Å². The predicted molar refractivity (Wildman–Crippen MR) is 94.8 cm³/mol. The Bertz CT molecular complexity index is 457. The van der Waals surface area contributed by atoms with Crippen LogP contribution in [0.25, 0.3) is 0 Å². The number of benzene rings is 1. The summed E-state index contributed by atoms with van der Waals surface area (Å²) in [5.41, 5.74) is 7.93. The van der Waals surface area contributed by atoms with Crippen molar-refractivity contribution in [3.8, 4) is 0 Å². The zero-order chi connectivity index (χ0) is 16.2. The Morgan fingerprint density at radius 3 is 2.55 bits per heavy atom. The van der Waals surface area contributed by atoms with Crippen molar-refractivity contribution >= 4 is 0 Å². The van der Waals surface area contributed by atoms with Gasteiger partial charge in [-0.15, -0.1) is 0 Å². The summed E-state index contributed by atoms with van der Waals surface area (Å²) < 4.78 is 0. The molecule has 0 aromatic heterocycles. The molecule has 3 nitrogen and oxygen atoms in total. The van der Waals surface area contributed by atoms with Gasteiger partial charge in [0.05, 0.1) is 0 Å². The first kappa shape index (κ1) is 17.5. The average molecular weight is 303 g/mol. The van der Waals surface area contributed by atoms with Crippen LogP contribution in [0, 0.1) is 10.8 Å². The number of likely N-dealkylation sites (tertiary alicyclic amines) is 1. The Balaban J connectivity index is 1.83. The Labute approximate surface area is 136 Å². The molecule has 2 rings (SSSR count). The molecule has 1 aliphatic heterocycles. The van der Waals surface area contributed by atoms with Gasteiger partial charge >= 0.3 is 0 Å². The van der Waals surface area contributed by atoms with Crippen molar-refractivity contribution in [3.05, 3.63) is 35.9 Å². The van der Waals surface area contributed by atoms with E-state index in [2.05, 4.69) is 68.0 Å². The van der Waals surface area contributed by atoms with E-state index in [0.29, 0.717) is 10.8 Å². The molecule has 1 aliphatic rings. The summed E-state index contributed by atoms with van der Waals surface area (Å²) in [6, 6.07) is 10.7. The molecule has 0 bridgehead atoms. The van der Waals surface area contributed by atoms with Crippen LogP contribution in [0.15, 0.2) is 30.3 Å². The lowest BCUT2D eigenvalue weighted by Gasteiger charge is -2.34. The molecule has 0 saturated carbocycles. The van der Waals surface area contributed by atoms with Crippen LogP contribution in [0.4, 0.5) is 0 Å². The van der Waals surface area contributed by atoms with Crippen LogP contribution in [0.1, 0.15) is 32.8 Å². The van der Waals surface area contributed by atoms with E-state index in [9.17, 15) is 0 Å². The van der Waals surface area contributed by atoms with Crippen molar-refractivity contribution in [2.24, 2.45) is 16.6 Å². The quantitative estimate of drug-likeness (QED) is 0.841. The molecule has 1 saturated heterocycles. The molecule has 1 atom stereocenters. The third kappa shape index (κ3) is 5.08. The van der Waals surface area contributed by atoms with Crippen LogP contribution in [-0.4, -0.2) is 49.6 Å². The fourth-order valence-corrected chi connectivity index (χ4v) is 3.76. The summed E-state index contributed by atoms with van der Waals surface area (Å²) >= 11 is 0. The van der Waals surface area contributed by atoms with Crippen LogP contribution in [0.2, 0.25) is 0 Å². The minimum Gasteiger partial charge on any atom is -0.330 e. The standard InChI is InChI=1S/C19H33N3/c1-18(2,15-22-11-10-19(3,13-20)16-22)14-21(4)12-17-8-6-5-7-9-17/h5-9H,10-16,20H2,1-4H3. The van der Waals surface area contributed by atoms with Crippen LogP contribution < -0.4 is 5.73 Å². The molecule has 0 aliphatic carbocycles. The van der Waals surface area contributed by atoms with Gasteiger partial charge in [0.15, 0.2) is 0 Å². The highest BCUT2D eigenvalue weighted by Crippen LogP contribution is 2.31. The summed E-state index contributed by atoms with van der Waals surface area (Å²) in [6.07, 6.45) is 1.24. The highest BCUT2D eigenvalue weighted by molar-refractivity contribution is 5.14. The third-order valence-electron chi connectivity index (χ3n) is 4.77. The van der Waals surface area contributed by atoms with Crippen LogP contribution in [0.3, 0.4) is 0 Å². The molecular weight excluding hydrogens is 270 g/mol. The topological polar surface area (TPSA) is 32.5 Å². The molecule has 1 unspecified atom stereocenters. The normalized spacial score (nSPS) is 23.4. The lowest BCUT2D eigenvalue weighted by molar-refractivity contribution is 0.138. The summed E-state index contributed by atoms with van der Waals surface area (Å²) in [5, 5.41) is 0.